The Bertz CT molecular complexity index is 817. The molecule has 1 amide bonds. The van der Waals surface area contributed by atoms with Gasteiger partial charge in [0.1, 0.15) is 19.0 Å². The molecular weight excluding hydrogens is 382 g/mol. The third-order valence-electron chi connectivity index (χ3n) is 3.77. The van der Waals surface area contributed by atoms with Gasteiger partial charge in [-0.15, -0.1) is 6.42 Å². The number of halogens is 1. The molecule has 6 nitrogen and oxygen atoms in total. The van der Waals surface area contributed by atoms with E-state index in [9.17, 15) is 4.79 Å². The minimum absolute atomic E-state index is 0.0167. The molecule has 0 saturated carbocycles. The molecule has 0 heterocycles. The Labute approximate surface area is 169 Å². The summed E-state index contributed by atoms with van der Waals surface area (Å²) in [6.45, 7) is 0.573. The first-order chi connectivity index (χ1) is 13.6. The van der Waals surface area contributed by atoms with E-state index in [0.717, 1.165) is 0 Å². The number of hydrogen-bond acceptors (Lipinski definition) is 5. The van der Waals surface area contributed by atoms with Gasteiger partial charge in [-0.05, 0) is 29.8 Å². The molecule has 148 valence electrons. The smallest absolute Gasteiger partial charge is 0.253 e. The van der Waals surface area contributed by atoms with Gasteiger partial charge >= 0.3 is 0 Å². The molecule has 2 rings (SSSR count). The van der Waals surface area contributed by atoms with Crippen molar-refractivity contribution in [2.75, 3.05) is 34.0 Å². The van der Waals surface area contributed by atoms with Crippen molar-refractivity contribution in [3.63, 3.8) is 0 Å². The summed E-state index contributed by atoms with van der Waals surface area (Å²) in [6.07, 6.45) is 4.42. The highest BCUT2D eigenvalue weighted by Gasteiger charge is 2.20. The van der Waals surface area contributed by atoms with Crippen LogP contribution < -0.4 is 19.5 Å². The lowest BCUT2D eigenvalue weighted by atomic mass is 10.1. The zero-order chi connectivity index (χ0) is 20.4. The molecule has 0 spiro atoms. The molecule has 28 heavy (non-hydrogen) atoms. The lowest BCUT2D eigenvalue weighted by molar-refractivity contribution is -0.132. The molecule has 1 atom stereocenters. The molecule has 2 aromatic carbocycles. The van der Waals surface area contributed by atoms with Crippen LogP contribution in [0.1, 0.15) is 11.7 Å². The van der Waals surface area contributed by atoms with Gasteiger partial charge in [0, 0.05) is 11.1 Å². The molecule has 0 aromatic heterocycles. The zero-order valence-electron chi connectivity index (χ0n) is 15.7. The third kappa shape index (κ3) is 6.08. The highest BCUT2D eigenvalue weighted by Crippen LogP contribution is 2.30. The summed E-state index contributed by atoms with van der Waals surface area (Å²) >= 11 is 5.89. The molecule has 0 saturated heterocycles. The van der Waals surface area contributed by atoms with Gasteiger partial charge in [-0.1, -0.05) is 29.7 Å². The van der Waals surface area contributed by atoms with Crippen LogP contribution in [0.15, 0.2) is 42.5 Å². The number of benzene rings is 2. The molecule has 0 aliphatic rings. The quantitative estimate of drug-likeness (QED) is 0.487. The molecule has 0 radical (unpaired) electrons. The fourth-order valence-corrected chi connectivity index (χ4v) is 2.56. The van der Waals surface area contributed by atoms with E-state index in [1.54, 1.807) is 56.7 Å². The molecule has 0 fully saturated rings. The van der Waals surface area contributed by atoms with Crippen molar-refractivity contribution in [2.24, 2.45) is 0 Å². The van der Waals surface area contributed by atoms with Crippen molar-refractivity contribution in [1.82, 2.24) is 5.32 Å². The predicted octanol–water partition coefficient (Wildman–Crippen LogP) is 3.24. The third-order valence-corrected chi connectivity index (χ3v) is 4.02. The number of terminal acetylenes is 1. The summed E-state index contributed by atoms with van der Waals surface area (Å²) in [5.74, 6) is 3.83. The van der Waals surface area contributed by atoms with Crippen molar-refractivity contribution in [3.05, 3.63) is 53.1 Å². The monoisotopic (exact) mass is 403 g/mol. The summed E-state index contributed by atoms with van der Waals surface area (Å²) in [5.41, 5.74) is 0.665. The average Bonchev–Trinajstić information content (AvgIpc) is 2.72. The van der Waals surface area contributed by atoms with Crippen LogP contribution in [-0.2, 0) is 9.53 Å². The molecule has 2 aromatic rings. The first-order valence-corrected chi connectivity index (χ1v) is 8.90. The van der Waals surface area contributed by atoms with Gasteiger partial charge in [0.15, 0.2) is 17.6 Å². The number of rotatable bonds is 10. The molecule has 1 unspecified atom stereocenters. The molecule has 1 N–H and O–H groups in total. The Morgan fingerprint density at radius 1 is 1.14 bits per heavy atom. The second kappa shape index (κ2) is 11.1. The van der Waals surface area contributed by atoms with Crippen LogP contribution >= 0.6 is 11.6 Å². The van der Waals surface area contributed by atoms with Gasteiger partial charge in [0.25, 0.3) is 5.91 Å². The molecule has 7 heteroatoms. The Morgan fingerprint density at radius 3 is 2.50 bits per heavy atom. The van der Waals surface area contributed by atoms with E-state index in [2.05, 4.69) is 11.2 Å². The lowest BCUT2D eigenvalue weighted by Gasteiger charge is -2.17. The van der Waals surface area contributed by atoms with E-state index in [1.165, 1.54) is 0 Å². The first kappa shape index (κ1) is 21.4. The minimum atomic E-state index is -0.825. The summed E-state index contributed by atoms with van der Waals surface area (Å²) in [7, 11) is 3.11. The van der Waals surface area contributed by atoms with Gasteiger partial charge in [0.2, 0.25) is 0 Å². The Hall–Kier alpha value is -2.88. The van der Waals surface area contributed by atoms with E-state index >= 15 is 0 Å². The molecule has 0 aliphatic heterocycles. The normalized spacial score (nSPS) is 11.2. The fourth-order valence-electron chi connectivity index (χ4n) is 2.43. The average molecular weight is 404 g/mol. The maximum absolute atomic E-state index is 12.5. The Morgan fingerprint density at radius 2 is 1.86 bits per heavy atom. The second-order valence-corrected chi connectivity index (χ2v) is 6.04. The summed E-state index contributed by atoms with van der Waals surface area (Å²) in [5, 5.41) is 3.35. The SMILES string of the molecule is C#CCOC(C(=O)NCCOc1ccc(OC)c(OC)c1)c1ccc(Cl)cc1. The fraction of sp³-hybridized carbons (Fsp3) is 0.286. The van der Waals surface area contributed by atoms with E-state index in [4.69, 9.17) is 37.0 Å². The second-order valence-electron chi connectivity index (χ2n) is 5.60. The highest BCUT2D eigenvalue weighted by atomic mass is 35.5. The van der Waals surface area contributed by atoms with Gasteiger partial charge in [-0.25, -0.2) is 0 Å². The van der Waals surface area contributed by atoms with Gasteiger partial charge in [-0.2, -0.15) is 0 Å². The number of nitrogens with one attached hydrogen (secondary N) is 1. The topological polar surface area (TPSA) is 66.0 Å². The van der Waals surface area contributed by atoms with Gasteiger partial charge < -0.3 is 24.3 Å². The maximum atomic E-state index is 12.5. The lowest BCUT2D eigenvalue weighted by Crippen LogP contribution is -2.34. The van der Waals surface area contributed by atoms with Crippen LogP contribution in [0.2, 0.25) is 5.02 Å². The number of hydrogen-bond donors (Lipinski definition) is 1. The number of carbonyl (C=O) groups is 1. The number of amides is 1. The molecule has 0 bridgehead atoms. The standard InChI is InChI=1S/C21H22ClNO5/c1-4-12-28-20(15-5-7-16(22)8-6-15)21(24)23-11-13-27-17-9-10-18(25-2)19(14-17)26-3/h1,5-10,14,20H,11-13H2,2-3H3,(H,23,24). The van der Waals surface area contributed by atoms with Crippen LogP contribution in [-0.4, -0.2) is 39.9 Å². The van der Waals surface area contributed by atoms with Crippen molar-refractivity contribution in [2.45, 2.75) is 6.10 Å². The van der Waals surface area contributed by atoms with Crippen molar-refractivity contribution in [1.29, 1.82) is 0 Å². The van der Waals surface area contributed by atoms with E-state index in [1.807, 2.05) is 0 Å². The van der Waals surface area contributed by atoms with Crippen LogP contribution in [0.3, 0.4) is 0 Å². The van der Waals surface area contributed by atoms with Crippen LogP contribution in [0.25, 0.3) is 0 Å². The molecular formula is C21H22ClNO5. The zero-order valence-corrected chi connectivity index (χ0v) is 16.5. The first-order valence-electron chi connectivity index (χ1n) is 8.52. The minimum Gasteiger partial charge on any atom is -0.493 e. The predicted molar refractivity (Wildman–Crippen MR) is 107 cm³/mol. The van der Waals surface area contributed by atoms with Gasteiger partial charge in [-0.3, -0.25) is 4.79 Å². The number of carbonyl (C=O) groups excluding carboxylic acids is 1. The van der Waals surface area contributed by atoms with Crippen LogP contribution in [0.5, 0.6) is 17.2 Å². The van der Waals surface area contributed by atoms with E-state index < -0.39 is 6.10 Å². The van der Waals surface area contributed by atoms with Gasteiger partial charge in [0.05, 0.1) is 20.8 Å². The molecule has 0 aliphatic carbocycles. The van der Waals surface area contributed by atoms with Crippen LogP contribution in [0.4, 0.5) is 0 Å². The van der Waals surface area contributed by atoms with E-state index in [-0.39, 0.29) is 25.7 Å². The summed E-state index contributed by atoms with van der Waals surface area (Å²) in [4.78, 5) is 12.5. The van der Waals surface area contributed by atoms with Crippen molar-refractivity contribution >= 4 is 17.5 Å². The number of ether oxygens (including phenoxy) is 4. The summed E-state index contributed by atoms with van der Waals surface area (Å²) < 4.78 is 21.5. The highest BCUT2D eigenvalue weighted by molar-refractivity contribution is 6.30. The number of methoxy groups -OCH3 is 2. The van der Waals surface area contributed by atoms with Crippen LogP contribution in [0, 0.1) is 12.3 Å². The Kier molecular flexibility index (Phi) is 8.47. The van der Waals surface area contributed by atoms with E-state index in [0.29, 0.717) is 27.8 Å². The Balaban J connectivity index is 1.90. The van der Waals surface area contributed by atoms with Crippen molar-refractivity contribution < 1.29 is 23.7 Å². The largest absolute Gasteiger partial charge is 0.493 e. The maximum Gasteiger partial charge on any atom is 0.253 e. The summed E-state index contributed by atoms with van der Waals surface area (Å²) in [6, 6.07) is 12.1. The van der Waals surface area contributed by atoms with Crippen molar-refractivity contribution in [3.8, 4) is 29.6 Å².